The molecule has 0 unspecified atom stereocenters. The van der Waals surface area contributed by atoms with Gasteiger partial charge < -0.3 is 23.8 Å². The van der Waals surface area contributed by atoms with Crippen molar-refractivity contribution in [2.45, 2.75) is 0 Å². The monoisotopic (exact) mass is 325 g/mol. The molecule has 1 aromatic carbocycles. The summed E-state index contributed by atoms with van der Waals surface area (Å²) in [6, 6.07) is 3.15. The Morgan fingerprint density at radius 3 is 2.17 bits per heavy atom. The lowest BCUT2D eigenvalue weighted by Gasteiger charge is -2.26. The second kappa shape index (κ2) is 7.82. The summed E-state index contributed by atoms with van der Waals surface area (Å²) in [5, 5.41) is 0. The molecule has 23 heavy (non-hydrogen) atoms. The van der Waals surface area contributed by atoms with Gasteiger partial charge in [-0.15, -0.1) is 0 Å². The molecule has 1 aliphatic heterocycles. The minimum atomic E-state index is -0.846. The van der Waals surface area contributed by atoms with Crippen molar-refractivity contribution in [3.05, 3.63) is 23.5 Å². The van der Waals surface area contributed by atoms with Crippen LogP contribution >= 0.6 is 0 Å². The van der Waals surface area contributed by atoms with Crippen LogP contribution in [0.2, 0.25) is 0 Å². The van der Waals surface area contributed by atoms with Gasteiger partial charge in [-0.05, 0) is 23.8 Å². The largest absolute Gasteiger partial charge is 0.493 e. The number of methoxy groups -OCH3 is 3. The molecule has 1 aromatic rings. The third-order valence-electron chi connectivity index (χ3n) is 3.48. The van der Waals surface area contributed by atoms with Gasteiger partial charge >= 0.3 is 0 Å². The maximum absolute atomic E-state index is 14.2. The summed E-state index contributed by atoms with van der Waals surface area (Å²) in [6.45, 7) is 1.61. The molecule has 1 saturated heterocycles. The Labute approximate surface area is 134 Å². The van der Waals surface area contributed by atoms with E-state index in [1.54, 1.807) is 12.1 Å². The van der Waals surface area contributed by atoms with Gasteiger partial charge in [0.2, 0.25) is 5.75 Å². The fourth-order valence-corrected chi connectivity index (χ4v) is 2.31. The zero-order chi connectivity index (χ0) is 16.8. The average molecular weight is 325 g/mol. The highest BCUT2D eigenvalue weighted by atomic mass is 19.1. The number of nitrogens with zero attached hydrogens (tertiary/aromatic N) is 1. The predicted molar refractivity (Wildman–Crippen MR) is 82.6 cm³/mol. The normalized spacial score (nSPS) is 15.3. The Bertz CT molecular complexity index is 571. The highest BCUT2D eigenvalue weighted by Gasteiger charge is 2.21. The quantitative estimate of drug-likeness (QED) is 0.774. The van der Waals surface area contributed by atoms with Crippen LogP contribution in [0.4, 0.5) is 4.39 Å². The zero-order valence-corrected chi connectivity index (χ0v) is 13.4. The molecule has 6 nitrogen and oxygen atoms in total. The lowest BCUT2D eigenvalue weighted by Crippen LogP contribution is -2.40. The minimum Gasteiger partial charge on any atom is -0.493 e. The van der Waals surface area contributed by atoms with Crippen LogP contribution in [0.15, 0.2) is 18.0 Å². The fourth-order valence-electron chi connectivity index (χ4n) is 2.31. The van der Waals surface area contributed by atoms with Crippen molar-refractivity contribution in [1.29, 1.82) is 0 Å². The smallest absolute Gasteiger partial charge is 0.282 e. The molecule has 0 spiro atoms. The van der Waals surface area contributed by atoms with Gasteiger partial charge in [0.1, 0.15) is 0 Å². The summed E-state index contributed by atoms with van der Waals surface area (Å²) < 4.78 is 35.0. The molecule has 0 bridgehead atoms. The van der Waals surface area contributed by atoms with Crippen LogP contribution in [0.5, 0.6) is 17.2 Å². The van der Waals surface area contributed by atoms with Gasteiger partial charge in [-0.25, -0.2) is 4.39 Å². The van der Waals surface area contributed by atoms with Crippen molar-refractivity contribution < 1.29 is 28.1 Å². The van der Waals surface area contributed by atoms with E-state index in [2.05, 4.69) is 0 Å². The molecule has 126 valence electrons. The van der Waals surface area contributed by atoms with Gasteiger partial charge in [0.15, 0.2) is 17.3 Å². The molecule has 0 N–H and O–H groups in total. The third-order valence-corrected chi connectivity index (χ3v) is 3.48. The van der Waals surface area contributed by atoms with Gasteiger partial charge in [0.05, 0.1) is 34.5 Å². The Hall–Kier alpha value is -2.28. The van der Waals surface area contributed by atoms with E-state index < -0.39 is 11.7 Å². The number of hydrogen-bond donors (Lipinski definition) is 0. The van der Waals surface area contributed by atoms with Crippen LogP contribution in [-0.2, 0) is 9.53 Å². The topological polar surface area (TPSA) is 57.2 Å². The van der Waals surface area contributed by atoms with Crippen LogP contribution in [0.25, 0.3) is 6.08 Å². The molecule has 0 atom stereocenters. The maximum Gasteiger partial charge on any atom is 0.282 e. The molecular formula is C16H20FNO5. The van der Waals surface area contributed by atoms with Crippen LogP contribution in [-0.4, -0.2) is 58.4 Å². The van der Waals surface area contributed by atoms with E-state index in [1.165, 1.54) is 26.2 Å². The van der Waals surface area contributed by atoms with Crippen LogP contribution in [0.1, 0.15) is 5.56 Å². The number of morpholine rings is 1. The number of carbonyl (C=O) groups excluding carboxylic acids is 1. The summed E-state index contributed by atoms with van der Waals surface area (Å²) in [6.07, 6.45) is 1.16. The molecule has 2 rings (SSSR count). The molecule has 0 aromatic heterocycles. The van der Waals surface area contributed by atoms with Gasteiger partial charge in [0.25, 0.3) is 5.91 Å². The molecular weight excluding hydrogens is 305 g/mol. The number of ether oxygens (including phenoxy) is 4. The first-order valence-electron chi connectivity index (χ1n) is 7.15. The lowest BCUT2D eigenvalue weighted by atomic mass is 10.1. The van der Waals surface area contributed by atoms with Crippen molar-refractivity contribution in [3.63, 3.8) is 0 Å². The number of hydrogen-bond acceptors (Lipinski definition) is 5. The van der Waals surface area contributed by atoms with E-state index in [-0.39, 0.29) is 0 Å². The molecule has 1 heterocycles. The first-order valence-corrected chi connectivity index (χ1v) is 7.15. The lowest BCUT2D eigenvalue weighted by molar-refractivity contribution is -0.132. The first-order chi connectivity index (χ1) is 11.1. The molecule has 7 heteroatoms. The number of halogens is 1. The number of amides is 1. The number of carbonyl (C=O) groups is 1. The standard InChI is InChI=1S/C16H20FNO5/c1-20-13-9-11(10-14(21-2)15(13)22-3)8-12(17)16(19)18-4-6-23-7-5-18/h8-10H,4-7H2,1-3H3/b12-8-. The van der Waals surface area contributed by atoms with Gasteiger partial charge in [-0.2, -0.15) is 0 Å². The average Bonchev–Trinajstić information content (AvgIpc) is 2.60. The van der Waals surface area contributed by atoms with Crippen LogP contribution in [0, 0.1) is 0 Å². The van der Waals surface area contributed by atoms with E-state index in [0.717, 1.165) is 6.08 Å². The second-order valence-electron chi connectivity index (χ2n) is 4.86. The van der Waals surface area contributed by atoms with Gasteiger partial charge in [0, 0.05) is 13.1 Å². The molecule has 0 radical (unpaired) electrons. The van der Waals surface area contributed by atoms with Gasteiger partial charge in [-0.1, -0.05) is 0 Å². The summed E-state index contributed by atoms with van der Waals surface area (Å²) in [4.78, 5) is 13.5. The van der Waals surface area contributed by atoms with Crippen molar-refractivity contribution in [2.24, 2.45) is 0 Å². The zero-order valence-electron chi connectivity index (χ0n) is 13.4. The van der Waals surface area contributed by atoms with Crippen LogP contribution in [0.3, 0.4) is 0 Å². The molecule has 1 fully saturated rings. The Morgan fingerprint density at radius 1 is 1.13 bits per heavy atom. The first kappa shape index (κ1) is 17.1. The number of rotatable bonds is 5. The fraction of sp³-hybridized carbons (Fsp3) is 0.438. The minimum absolute atomic E-state index is 0.384. The Morgan fingerprint density at radius 2 is 1.70 bits per heavy atom. The predicted octanol–water partition coefficient (Wildman–Crippen LogP) is 1.88. The Kier molecular flexibility index (Phi) is 5.81. The molecule has 0 saturated carbocycles. The van der Waals surface area contributed by atoms with Crippen molar-refractivity contribution in [3.8, 4) is 17.2 Å². The van der Waals surface area contributed by atoms with E-state index in [0.29, 0.717) is 49.1 Å². The van der Waals surface area contributed by atoms with E-state index >= 15 is 0 Å². The van der Waals surface area contributed by atoms with Crippen molar-refractivity contribution in [2.75, 3.05) is 47.6 Å². The summed E-state index contributed by atoms with van der Waals surface area (Å²) in [5.41, 5.74) is 0.443. The number of benzene rings is 1. The van der Waals surface area contributed by atoms with E-state index in [9.17, 15) is 9.18 Å². The second-order valence-corrected chi connectivity index (χ2v) is 4.86. The highest BCUT2D eigenvalue weighted by Crippen LogP contribution is 2.38. The third kappa shape index (κ3) is 3.92. The molecule has 1 amide bonds. The summed E-state index contributed by atoms with van der Waals surface area (Å²) in [7, 11) is 4.43. The molecule has 1 aliphatic rings. The van der Waals surface area contributed by atoms with E-state index in [1.807, 2.05) is 0 Å². The van der Waals surface area contributed by atoms with Gasteiger partial charge in [-0.3, -0.25) is 4.79 Å². The van der Waals surface area contributed by atoms with Crippen LogP contribution < -0.4 is 14.2 Å². The maximum atomic E-state index is 14.2. The SMILES string of the molecule is COc1cc(/C=C(\F)C(=O)N2CCOCC2)cc(OC)c1OC. The summed E-state index contributed by atoms with van der Waals surface area (Å²) in [5.74, 6) is -0.301. The summed E-state index contributed by atoms with van der Waals surface area (Å²) >= 11 is 0. The van der Waals surface area contributed by atoms with Crippen molar-refractivity contribution >= 4 is 12.0 Å². The molecule has 0 aliphatic carbocycles. The highest BCUT2D eigenvalue weighted by molar-refractivity contribution is 5.95. The Balaban J connectivity index is 2.28. The van der Waals surface area contributed by atoms with E-state index in [4.69, 9.17) is 18.9 Å². The van der Waals surface area contributed by atoms with Crippen molar-refractivity contribution in [1.82, 2.24) is 4.90 Å².